The maximum absolute atomic E-state index is 6.43. The first kappa shape index (κ1) is 22.9. The fourth-order valence-electron chi connectivity index (χ4n) is 6.63. The molecule has 2 heterocycles. The molecule has 2 nitrogen and oxygen atoms in total. The van der Waals surface area contributed by atoms with Crippen LogP contribution in [0.5, 0.6) is 0 Å². The second-order valence-electron chi connectivity index (χ2n) is 11.1. The lowest BCUT2D eigenvalue weighted by Crippen LogP contribution is -2.43. The van der Waals surface area contributed by atoms with Gasteiger partial charge in [0.05, 0.1) is 6.26 Å². The van der Waals surface area contributed by atoms with Gasteiger partial charge in [0.15, 0.2) is 5.76 Å². The summed E-state index contributed by atoms with van der Waals surface area (Å²) in [6.45, 7) is 14.1. The summed E-state index contributed by atoms with van der Waals surface area (Å²) in [5.74, 6) is 4.27. The molecule has 0 saturated heterocycles. The topological polar surface area (TPSA) is 26.3 Å². The van der Waals surface area contributed by atoms with Crippen LogP contribution in [0.25, 0.3) is 54.3 Å². The Kier molecular flexibility index (Phi) is 5.28. The van der Waals surface area contributed by atoms with Crippen molar-refractivity contribution in [2.24, 2.45) is 0 Å². The molecule has 0 bridgehead atoms. The Hall–Kier alpha value is -3.48. The zero-order chi connectivity index (χ0) is 25.2. The van der Waals surface area contributed by atoms with Gasteiger partial charge in [0.2, 0.25) is 0 Å². The van der Waals surface area contributed by atoms with Crippen LogP contribution >= 0.6 is 0 Å². The first-order chi connectivity index (χ1) is 17.3. The third-order valence-electron chi connectivity index (χ3n) is 8.36. The summed E-state index contributed by atoms with van der Waals surface area (Å²) < 4.78 is 12.2. The van der Waals surface area contributed by atoms with Crippen LogP contribution in [0.3, 0.4) is 0 Å². The van der Waals surface area contributed by atoms with Gasteiger partial charge < -0.3 is 8.83 Å². The highest BCUT2D eigenvalue weighted by atomic mass is 28.3. The molecular weight excluding hydrogens is 456 g/mol. The van der Waals surface area contributed by atoms with Gasteiger partial charge in [0.25, 0.3) is 0 Å². The smallest absolute Gasteiger partial charge is 0.177 e. The molecule has 0 atom stereocenters. The summed E-state index contributed by atoms with van der Waals surface area (Å²) in [5.41, 5.74) is 7.46. The molecule has 36 heavy (non-hydrogen) atoms. The van der Waals surface area contributed by atoms with Crippen LogP contribution in [-0.2, 0) is 0 Å². The minimum absolute atomic E-state index is 0.596. The molecule has 3 heteroatoms. The average molecular weight is 489 g/mol. The van der Waals surface area contributed by atoms with Gasteiger partial charge >= 0.3 is 0 Å². The Bertz CT molecular complexity index is 1810. The van der Waals surface area contributed by atoms with Gasteiger partial charge in [0.1, 0.15) is 19.2 Å². The first-order valence-electron chi connectivity index (χ1n) is 13.0. The molecule has 4 aromatic carbocycles. The van der Waals surface area contributed by atoms with Crippen LogP contribution in [0.15, 0.2) is 75.8 Å². The lowest BCUT2D eigenvalue weighted by Gasteiger charge is -2.37. The summed E-state index contributed by atoms with van der Waals surface area (Å²) in [5, 5.41) is 9.38. The average Bonchev–Trinajstić information content (AvgIpc) is 3.50. The highest BCUT2D eigenvalue weighted by Crippen LogP contribution is 2.41. The first-order valence-corrected chi connectivity index (χ1v) is 15.3. The Labute approximate surface area is 213 Å². The van der Waals surface area contributed by atoms with E-state index in [0.717, 1.165) is 38.5 Å². The van der Waals surface area contributed by atoms with E-state index in [1.807, 2.05) is 6.07 Å². The molecule has 0 radical (unpaired) electrons. The molecule has 0 spiro atoms. The van der Waals surface area contributed by atoms with Gasteiger partial charge in [-0.15, -0.1) is 5.54 Å². The van der Waals surface area contributed by atoms with E-state index in [9.17, 15) is 0 Å². The molecule has 0 fully saturated rings. The van der Waals surface area contributed by atoms with E-state index in [1.54, 1.807) is 6.26 Å². The summed E-state index contributed by atoms with van der Waals surface area (Å²) in [7, 11) is -1.82. The number of hydrogen-bond acceptors (Lipinski definition) is 2. The maximum atomic E-state index is 6.43. The maximum Gasteiger partial charge on any atom is 0.177 e. The molecule has 6 rings (SSSR count). The van der Waals surface area contributed by atoms with Crippen LogP contribution in [0, 0.1) is 11.5 Å². The van der Waals surface area contributed by atoms with Gasteiger partial charge in [0, 0.05) is 27.6 Å². The lowest BCUT2D eigenvalue weighted by atomic mass is 9.95. The van der Waals surface area contributed by atoms with Crippen LogP contribution in [0.1, 0.15) is 47.3 Å². The van der Waals surface area contributed by atoms with Crippen molar-refractivity contribution in [3.8, 4) is 11.5 Å². The van der Waals surface area contributed by atoms with Gasteiger partial charge in [-0.25, -0.2) is 0 Å². The SMILES string of the molecule is CC(C)[Si](C#Cc1cc2ccc3c4ccc5c(ccc6ccoc65)c4ccc3c2o1)(C(C)C)C(C)C. The number of furan rings is 2. The number of hydrogen-bond donors (Lipinski definition) is 0. The van der Waals surface area contributed by atoms with E-state index in [0.29, 0.717) is 16.6 Å². The number of fused-ring (bicyclic) bond motifs is 9. The van der Waals surface area contributed by atoms with Gasteiger partial charge in [-0.05, 0) is 62.3 Å². The van der Waals surface area contributed by atoms with Crippen molar-refractivity contribution in [3.63, 3.8) is 0 Å². The van der Waals surface area contributed by atoms with Crippen molar-refractivity contribution < 1.29 is 8.83 Å². The zero-order valence-electron chi connectivity index (χ0n) is 21.9. The molecule has 0 aliphatic heterocycles. The number of benzene rings is 4. The molecule has 2 aromatic heterocycles. The standard InChI is InChI=1S/C33H32O2Si/c1-20(2)36(21(3)4,22(5)6)18-16-25-19-24-8-10-29-27-11-13-30-28(9-7-23-15-17-34-32(23)30)26(27)12-14-31(29)33(24)35-25/h7-15,17,19-22H,1-6H3. The van der Waals surface area contributed by atoms with Crippen molar-refractivity contribution in [3.05, 3.63) is 72.7 Å². The Morgan fingerprint density at radius 3 is 1.69 bits per heavy atom. The molecule has 0 aliphatic rings. The van der Waals surface area contributed by atoms with Crippen molar-refractivity contribution in [2.45, 2.75) is 58.2 Å². The molecular formula is C33H32O2Si. The van der Waals surface area contributed by atoms with Crippen LogP contribution < -0.4 is 0 Å². The molecule has 0 N–H and O–H groups in total. The summed E-state index contributed by atoms with van der Waals surface area (Å²) >= 11 is 0. The monoisotopic (exact) mass is 488 g/mol. The minimum atomic E-state index is -1.82. The third-order valence-corrected chi connectivity index (χ3v) is 14.6. The molecule has 180 valence electrons. The van der Waals surface area contributed by atoms with Crippen LogP contribution in [0.4, 0.5) is 0 Å². The van der Waals surface area contributed by atoms with E-state index in [1.165, 1.54) is 21.5 Å². The van der Waals surface area contributed by atoms with Crippen molar-refractivity contribution in [2.75, 3.05) is 0 Å². The Morgan fingerprint density at radius 2 is 1.08 bits per heavy atom. The predicted octanol–water partition coefficient (Wildman–Crippen LogP) is 10.2. The van der Waals surface area contributed by atoms with E-state index in [-0.39, 0.29) is 0 Å². The highest BCUT2D eigenvalue weighted by Gasteiger charge is 2.41. The highest BCUT2D eigenvalue weighted by molar-refractivity contribution is 6.90. The van der Waals surface area contributed by atoms with Crippen molar-refractivity contribution in [1.82, 2.24) is 0 Å². The molecule has 6 aromatic rings. The third kappa shape index (κ3) is 3.25. The summed E-state index contributed by atoms with van der Waals surface area (Å²) in [6, 6.07) is 21.7. The predicted molar refractivity (Wildman–Crippen MR) is 156 cm³/mol. The zero-order valence-corrected chi connectivity index (χ0v) is 22.9. The Morgan fingerprint density at radius 1 is 0.583 bits per heavy atom. The minimum Gasteiger partial charge on any atom is -0.464 e. The molecule has 0 unspecified atom stereocenters. The van der Waals surface area contributed by atoms with Gasteiger partial charge in [-0.2, -0.15) is 0 Å². The van der Waals surface area contributed by atoms with E-state index in [2.05, 4.69) is 108 Å². The molecule has 0 saturated carbocycles. The largest absolute Gasteiger partial charge is 0.464 e. The second kappa shape index (κ2) is 8.29. The normalized spacial score (nSPS) is 12.7. The summed E-state index contributed by atoms with van der Waals surface area (Å²) in [6.07, 6.45) is 1.76. The van der Waals surface area contributed by atoms with Gasteiger partial charge in [-0.1, -0.05) is 77.9 Å². The molecule has 0 amide bonds. The fraction of sp³-hybridized carbons (Fsp3) is 0.273. The van der Waals surface area contributed by atoms with E-state index < -0.39 is 8.07 Å². The number of rotatable bonds is 3. The fourth-order valence-corrected chi connectivity index (χ4v) is 11.8. The second-order valence-corrected chi connectivity index (χ2v) is 16.6. The van der Waals surface area contributed by atoms with Crippen LogP contribution in [0.2, 0.25) is 16.6 Å². The lowest BCUT2D eigenvalue weighted by molar-refractivity contribution is 0.604. The van der Waals surface area contributed by atoms with Crippen molar-refractivity contribution in [1.29, 1.82) is 0 Å². The van der Waals surface area contributed by atoms with E-state index in [4.69, 9.17) is 8.83 Å². The van der Waals surface area contributed by atoms with Crippen molar-refractivity contribution >= 4 is 62.3 Å². The molecule has 0 aliphatic carbocycles. The Balaban J connectivity index is 1.53. The summed E-state index contributed by atoms with van der Waals surface area (Å²) in [4.78, 5) is 0. The van der Waals surface area contributed by atoms with Crippen LogP contribution in [-0.4, -0.2) is 8.07 Å². The quantitative estimate of drug-likeness (QED) is 0.141. The van der Waals surface area contributed by atoms with E-state index >= 15 is 0 Å². The van der Waals surface area contributed by atoms with Gasteiger partial charge in [-0.3, -0.25) is 0 Å².